The lowest BCUT2D eigenvalue weighted by Gasteiger charge is -2.27. The Hall–Kier alpha value is -1.72. The predicted molar refractivity (Wildman–Crippen MR) is 90.0 cm³/mol. The van der Waals surface area contributed by atoms with Gasteiger partial charge in [-0.05, 0) is 24.8 Å². The van der Waals surface area contributed by atoms with Crippen LogP contribution in [0.15, 0.2) is 36.8 Å². The van der Waals surface area contributed by atoms with Crippen LogP contribution < -0.4 is 0 Å². The van der Waals surface area contributed by atoms with Gasteiger partial charge in [0.1, 0.15) is 17.0 Å². The number of halogens is 1. The quantitative estimate of drug-likeness (QED) is 0.748. The van der Waals surface area contributed by atoms with Gasteiger partial charge in [0.2, 0.25) is 0 Å². The Morgan fingerprint density at radius 2 is 2.00 bits per heavy atom. The van der Waals surface area contributed by atoms with Crippen molar-refractivity contribution in [3.63, 3.8) is 0 Å². The maximum Gasteiger partial charge on any atom is 0.131 e. The number of rotatable bonds is 3. The molecule has 0 radical (unpaired) electrons. The highest BCUT2D eigenvalue weighted by atomic mass is 32.1. The highest BCUT2D eigenvalue weighted by Crippen LogP contribution is 2.42. The molecule has 1 aromatic carbocycles. The van der Waals surface area contributed by atoms with E-state index in [4.69, 9.17) is 0 Å². The van der Waals surface area contributed by atoms with Crippen LogP contribution in [0.2, 0.25) is 0 Å². The minimum atomic E-state index is -0.576. The molecule has 0 saturated heterocycles. The second kappa shape index (κ2) is 6.06. The Labute approximate surface area is 138 Å². The van der Waals surface area contributed by atoms with E-state index < -0.39 is 6.10 Å². The van der Waals surface area contributed by atoms with Crippen LogP contribution in [0.25, 0.3) is 15.3 Å². The van der Waals surface area contributed by atoms with Crippen molar-refractivity contribution >= 4 is 16.2 Å². The van der Waals surface area contributed by atoms with Gasteiger partial charge in [-0.3, -0.25) is 4.40 Å². The Balaban J connectivity index is 1.85. The van der Waals surface area contributed by atoms with Gasteiger partial charge in [-0.1, -0.05) is 37.5 Å². The molecule has 120 valence electrons. The fourth-order valence-corrected chi connectivity index (χ4v) is 4.76. The first-order valence-corrected chi connectivity index (χ1v) is 8.95. The Morgan fingerprint density at radius 3 is 2.78 bits per heavy atom. The van der Waals surface area contributed by atoms with Crippen LogP contribution in [0.3, 0.4) is 0 Å². The van der Waals surface area contributed by atoms with Crippen molar-refractivity contribution < 1.29 is 9.50 Å². The highest BCUT2D eigenvalue weighted by Gasteiger charge is 2.29. The Bertz CT molecular complexity index is 819. The number of benzene rings is 1. The number of fused-ring (bicyclic) bond motifs is 1. The summed E-state index contributed by atoms with van der Waals surface area (Å²) in [7, 11) is 0. The second-order valence-electron chi connectivity index (χ2n) is 6.24. The van der Waals surface area contributed by atoms with E-state index in [1.54, 1.807) is 24.7 Å². The van der Waals surface area contributed by atoms with Crippen molar-refractivity contribution in [1.82, 2.24) is 9.38 Å². The minimum Gasteiger partial charge on any atom is -0.387 e. The fourth-order valence-electron chi connectivity index (χ4n) is 3.59. The lowest BCUT2D eigenvalue weighted by molar-refractivity contribution is 0.0811. The van der Waals surface area contributed by atoms with E-state index in [2.05, 4.69) is 4.98 Å². The SMILES string of the molecule is OC(c1c(-c2ccccc2F)sc2cncn12)C1CCCCC1. The number of thiazole rings is 1. The number of aliphatic hydroxyl groups is 1. The molecule has 3 aromatic rings. The van der Waals surface area contributed by atoms with Crippen molar-refractivity contribution in [3.8, 4) is 10.4 Å². The van der Waals surface area contributed by atoms with Crippen LogP contribution in [0.5, 0.6) is 0 Å². The molecule has 0 spiro atoms. The number of imidazole rings is 1. The summed E-state index contributed by atoms with van der Waals surface area (Å²) in [5.74, 6) is -0.00321. The van der Waals surface area contributed by atoms with Gasteiger partial charge < -0.3 is 5.11 Å². The first kappa shape index (κ1) is 14.8. The van der Waals surface area contributed by atoms with Gasteiger partial charge in [-0.2, -0.15) is 0 Å². The maximum atomic E-state index is 14.3. The van der Waals surface area contributed by atoms with Crippen molar-refractivity contribution in [2.45, 2.75) is 38.2 Å². The summed E-state index contributed by atoms with van der Waals surface area (Å²) in [5, 5.41) is 11.0. The van der Waals surface area contributed by atoms with Crippen LogP contribution in [0.4, 0.5) is 4.39 Å². The summed E-state index contributed by atoms with van der Waals surface area (Å²) in [6.45, 7) is 0. The molecule has 2 aromatic heterocycles. The zero-order valence-corrected chi connectivity index (χ0v) is 13.6. The summed E-state index contributed by atoms with van der Waals surface area (Å²) in [6.07, 6.45) is 8.54. The standard InChI is InChI=1S/C18H19FN2OS/c19-14-9-5-4-8-13(14)18-16(21-11-20-10-15(21)23-18)17(22)12-6-2-1-3-7-12/h4-5,8-12,17,22H,1-3,6-7H2. The molecule has 0 amide bonds. The van der Waals surface area contributed by atoms with E-state index in [0.717, 1.165) is 41.1 Å². The molecule has 5 heteroatoms. The topological polar surface area (TPSA) is 37.5 Å². The second-order valence-corrected chi connectivity index (χ2v) is 7.27. The smallest absolute Gasteiger partial charge is 0.131 e. The molecule has 1 fully saturated rings. The van der Waals surface area contributed by atoms with Crippen LogP contribution in [0, 0.1) is 11.7 Å². The van der Waals surface area contributed by atoms with E-state index in [1.807, 2.05) is 10.5 Å². The molecule has 1 N–H and O–H groups in total. The van der Waals surface area contributed by atoms with Gasteiger partial charge in [0, 0.05) is 5.56 Å². The van der Waals surface area contributed by atoms with Gasteiger partial charge in [-0.25, -0.2) is 9.37 Å². The number of aliphatic hydroxyl groups excluding tert-OH is 1. The van der Waals surface area contributed by atoms with E-state index >= 15 is 0 Å². The van der Waals surface area contributed by atoms with E-state index in [1.165, 1.54) is 23.8 Å². The predicted octanol–water partition coefficient (Wildman–Crippen LogP) is 4.82. The molecular weight excluding hydrogens is 311 g/mol. The van der Waals surface area contributed by atoms with Crippen LogP contribution in [-0.4, -0.2) is 14.5 Å². The van der Waals surface area contributed by atoms with Crippen LogP contribution >= 0.6 is 11.3 Å². The fraction of sp³-hybridized carbons (Fsp3) is 0.389. The van der Waals surface area contributed by atoms with Crippen LogP contribution in [-0.2, 0) is 0 Å². The molecular formula is C18H19FN2OS. The van der Waals surface area contributed by atoms with Crippen molar-refractivity contribution in [1.29, 1.82) is 0 Å². The number of nitrogens with zero attached hydrogens (tertiary/aromatic N) is 2. The summed E-state index contributed by atoms with van der Waals surface area (Å²) < 4.78 is 16.2. The monoisotopic (exact) mass is 330 g/mol. The molecule has 0 bridgehead atoms. The zero-order valence-electron chi connectivity index (χ0n) is 12.8. The third kappa shape index (κ3) is 2.58. The summed E-state index contributed by atoms with van der Waals surface area (Å²) in [6, 6.07) is 6.78. The van der Waals surface area contributed by atoms with Gasteiger partial charge in [0.05, 0.1) is 22.9 Å². The molecule has 3 nitrogen and oxygen atoms in total. The summed E-state index contributed by atoms with van der Waals surface area (Å²) >= 11 is 1.49. The molecule has 4 rings (SSSR count). The average molecular weight is 330 g/mol. The lowest BCUT2D eigenvalue weighted by atomic mass is 9.83. The normalized spacial score (nSPS) is 17.7. The average Bonchev–Trinajstić information content (AvgIpc) is 3.16. The maximum absolute atomic E-state index is 14.3. The molecule has 1 saturated carbocycles. The van der Waals surface area contributed by atoms with Crippen LogP contribution in [0.1, 0.15) is 43.9 Å². The van der Waals surface area contributed by atoms with E-state index in [-0.39, 0.29) is 11.7 Å². The van der Waals surface area contributed by atoms with Gasteiger partial charge in [0.25, 0.3) is 0 Å². The van der Waals surface area contributed by atoms with Crippen molar-refractivity contribution in [2.75, 3.05) is 0 Å². The number of hydrogen-bond donors (Lipinski definition) is 1. The Morgan fingerprint density at radius 1 is 1.22 bits per heavy atom. The van der Waals surface area contributed by atoms with Crippen molar-refractivity contribution in [3.05, 3.63) is 48.3 Å². The lowest BCUT2D eigenvalue weighted by Crippen LogP contribution is -2.18. The first-order chi connectivity index (χ1) is 11.3. The largest absolute Gasteiger partial charge is 0.387 e. The third-order valence-corrected chi connectivity index (χ3v) is 5.94. The molecule has 1 atom stereocenters. The van der Waals surface area contributed by atoms with Gasteiger partial charge >= 0.3 is 0 Å². The van der Waals surface area contributed by atoms with Gasteiger partial charge in [-0.15, -0.1) is 11.3 Å². The molecule has 1 aliphatic rings. The number of aromatic nitrogens is 2. The minimum absolute atomic E-state index is 0.245. The van der Waals surface area contributed by atoms with E-state index in [0.29, 0.717) is 5.56 Å². The zero-order chi connectivity index (χ0) is 15.8. The summed E-state index contributed by atoms with van der Waals surface area (Å²) in [5.41, 5.74) is 1.35. The first-order valence-electron chi connectivity index (χ1n) is 8.13. The number of hydrogen-bond acceptors (Lipinski definition) is 3. The molecule has 23 heavy (non-hydrogen) atoms. The molecule has 1 aliphatic carbocycles. The highest BCUT2D eigenvalue weighted by molar-refractivity contribution is 7.20. The van der Waals surface area contributed by atoms with Gasteiger partial charge in [0.15, 0.2) is 0 Å². The third-order valence-electron chi connectivity index (χ3n) is 4.80. The molecule has 2 heterocycles. The Kier molecular flexibility index (Phi) is 3.91. The van der Waals surface area contributed by atoms with E-state index in [9.17, 15) is 9.50 Å². The summed E-state index contributed by atoms with van der Waals surface area (Å²) in [4.78, 5) is 5.93. The molecule has 1 unspecified atom stereocenters. The molecule has 0 aliphatic heterocycles. The van der Waals surface area contributed by atoms with Crippen molar-refractivity contribution in [2.24, 2.45) is 5.92 Å².